The number of carbonyl (C=O) groups is 2. The van der Waals surface area contributed by atoms with Gasteiger partial charge in [-0.1, -0.05) is 11.8 Å². The van der Waals surface area contributed by atoms with E-state index in [1.54, 1.807) is 6.92 Å². The average molecular weight is 307 g/mol. The molecule has 0 saturated carbocycles. The summed E-state index contributed by atoms with van der Waals surface area (Å²) in [6.45, 7) is 2.12. The van der Waals surface area contributed by atoms with Crippen molar-refractivity contribution in [2.24, 2.45) is 5.92 Å². The van der Waals surface area contributed by atoms with E-state index in [1.807, 2.05) is 0 Å². The smallest absolute Gasteiger partial charge is 0.544 e. The van der Waals surface area contributed by atoms with Gasteiger partial charge in [-0.15, -0.1) is 0 Å². The number of carboxylic acids is 1. The molecule has 3 aliphatic heterocycles. The number of aliphatic hydroxyl groups excluding tert-OH is 1. The first kappa shape index (κ1) is 16.3. The summed E-state index contributed by atoms with van der Waals surface area (Å²) < 4.78 is 5.50. The first-order chi connectivity index (χ1) is 9.02. The maximum atomic E-state index is 12.1. The molecule has 1 amide bonds. The van der Waals surface area contributed by atoms with Crippen LogP contribution in [0, 0.1) is 5.92 Å². The zero-order valence-electron chi connectivity index (χ0n) is 11.4. The van der Waals surface area contributed by atoms with E-state index in [0.717, 1.165) is 18.2 Å². The van der Waals surface area contributed by atoms with Crippen molar-refractivity contribution in [2.75, 3.05) is 6.61 Å². The van der Waals surface area contributed by atoms with Gasteiger partial charge in [0.2, 0.25) is 5.91 Å². The summed E-state index contributed by atoms with van der Waals surface area (Å²) >= 11 is 1.09. The molecule has 0 spiro atoms. The number of amides is 1. The number of carboxylic acid groups (broad SMARTS) is 1. The zero-order valence-corrected chi connectivity index (χ0v) is 14.2. The Labute approximate surface area is 142 Å². The van der Waals surface area contributed by atoms with Crippen LogP contribution < -0.4 is 34.7 Å². The van der Waals surface area contributed by atoms with Crippen LogP contribution in [0.15, 0.2) is 10.6 Å². The Bertz CT molecular complexity index is 474. The molecule has 0 aromatic heterocycles. The van der Waals surface area contributed by atoms with E-state index < -0.39 is 18.0 Å². The van der Waals surface area contributed by atoms with Gasteiger partial charge in [0.25, 0.3) is 0 Å². The van der Waals surface area contributed by atoms with Crippen molar-refractivity contribution in [1.82, 2.24) is 4.90 Å². The second kappa shape index (κ2) is 5.98. The number of aliphatic carboxylic acids is 1. The summed E-state index contributed by atoms with van der Waals surface area (Å²) in [5, 5.41) is 20.5. The molecule has 3 heterocycles. The first-order valence-electron chi connectivity index (χ1n) is 6.27. The van der Waals surface area contributed by atoms with Crippen molar-refractivity contribution in [1.29, 1.82) is 0 Å². The van der Waals surface area contributed by atoms with Crippen LogP contribution in [0.4, 0.5) is 0 Å². The normalized spacial score (nSPS) is 33.6. The van der Waals surface area contributed by atoms with Crippen LogP contribution in [0.25, 0.3) is 0 Å². The van der Waals surface area contributed by atoms with E-state index in [4.69, 9.17) is 4.74 Å². The molecule has 2 fully saturated rings. The molecule has 0 aromatic rings. The molecule has 0 unspecified atom stereocenters. The Kier molecular flexibility index (Phi) is 4.88. The van der Waals surface area contributed by atoms with Gasteiger partial charge in [-0.05, 0) is 19.8 Å². The Hall–Kier alpha value is -0.0500. The zero-order chi connectivity index (χ0) is 13.7. The summed E-state index contributed by atoms with van der Waals surface area (Å²) in [6.07, 6.45) is 0.436. The van der Waals surface area contributed by atoms with Gasteiger partial charge in [0.1, 0.15) is 5.37 Å². The Morgan fingerprint density at radius 1 is 1.60 bits per heavy atom. The van der Waals surface area contributed by atoms with Gasteiger partial charge in [-0.2, -0.15) is 0 Å². The minimum Gasteiger partial charge on any atom is -0.544 e. The minimum atomic E-state index is -1.28. The van der Waals surface area contributed by atoms with Crippen LogP contribution in [-0.2, 0) is 14.3 Å². The SMILES string of the molecule is C[C@@H](O)[C@H]1C(=O)N2C([C@H]3CCCO3)=C(C(=O)[O-])S[C@H]12.[Na+]. The quantitative estimate of drug-likeness (QED) is 0.423. The number of thioether (sulfide) groups is 1. The van der Waals surface area contributed by atoms with Crippen LogP contribution in [0.2, 0.25) is 0 Å². The number of hydrogen-bond donors (Lipinski definition) is 1. The van der Waals surface area contributed by atoms with Crippen LogP contribution in [0.5, 0.6) is 0 Å². The van der Waals surface area contributed by atoms with E-state index in [2.05, 4.69) is 0 Å². The monoisotopic (exact) mass is 307 g/mol. The van der Waals surface area contributed by atoms with Crippen LogP contribution >= 0.6 is 11.8 Å². The standard InChI is InChI=1S/C12H15NO5S.Na/c1-5(14)7-10(15)13-8(6-3-2-4-18-6)9(12(16)17)19-11(7)13;/h5-7,11,14H,2-4H2,1H3,(H,16,17);/q;+1/p-1/t5-,6-,7+,11-;/m1./s1. The molecular formula is C12H14NNaO5S. The fourth-order valence-corrected chi connectivity index (χ4v) is 4.35. The maximum Gasteiger partial charge on any atom is 1.00 e. The number of hydrogen-bond acceptors (Lipinski definition) is 6. The van der Waals surface area contributed by atoms with E-state index in [9.17, 15) is 19.8 Å². The molecular weight excluding hydrogens is 293 g/mol. The Morgan fingerprint density at radius 3 is 2.80 bits per heavy atom. The summed E-state index contributed by atoms with van der Waals surface area (Å²) in [5.74, 6) is -2.05. The molecule has 3 rings (SSSR count). The first-order valence-corrected chi connectivity index (χ1v) is 7.15. The molecule has 6 nitrogen and oxygen atoms in total. The summed E-state index contributed by atoms with van der Waals surface area (Å²) in [5.41, 5.74) is 0.425. The summed E-state index contributed by atoms with van der Waals surface area (Å²) in [7, 11) is 0. The molecule has 104 valence electrons. The van der Waals surface area contributed by atoms with Crippen molar-refractivity contribution >= 4 is 23.6 Å². The van der Waals surface area contributed by atoms with E-state index in [0.29, 0.717) is 18.7 Å². The second-order valence-electron chi connectivity index (χ2n) is 4.99. The number of rotatable bonds is 3. The molecule has 20 heavy (non-hydrogen) atoms. The fourth-order valence-electron chi connectivity index (χ4n) is 2.85. The van der Waals surface area contributed by atoms with Gasteiger partial charge in [0, 0.05) is 6.61 Å². The number of carbonyl (C=O) groups excluding carboxylic acids is 2. The minimum absolute atomic E-state index is 0. The number of β-lactam (4-membered cyclic amide) rings is 1. The van der Waals surface area contributed by atoms with Crippen molar-refractivity contribution < 1.29 is 54.1 Å². The van der Waals surface area contributed by atoms with E-state index in [-0.39, 0.29) is 51.8 Å². The Morgan fingerprint density at radius 2 is 2.30 bits per heavy atom. The van der Waals surface area contributed by atoms with Gasteiger partial charge in [-0.25, -0.2) is 0 Å². The van der Waals surface area contributed by atoms with Gasteiger partial charge in [0.15, 0.2) is 0 Å². The van der Waals surface area contributed by atoms with Crippen LogP contribution in [-0.4, -0.2) is 46.1 Å². The molecule has 8 heteroatoms. The maximum absolute atomic E-state index is 12.1. The van der Waals surface area contributed by atoms with Crippen molar-refractivity contribution in [2.45, 2.75) is 37.3 Å². The predicted molar refractivity (Wildman–Crippen MR) is 64.4 cm³/mol. The largest absolute Gasteiger partial charge is 1.00 e. The van der Waals surface area contributed by atoms with Crippen LogP contribution in [0.3, 0.4) is 0 Å². The predicted octanol–water partition coefficient (Wildman–Crippen LogP) is -3.96. The van der Waals surface area contributed by atoms with Gasteiger partial charge in [0.05, 0.1) is 34.7 Å². The van der Waals surface area contributed by atoms with Crippen LogP contribution in [0.1, 0.15) is 19.8 Å². The fraction of sp³-hybridized carbons (Fsp3) is 0.667. The van der Waals surface area contributed by atoms with E-state index >= 15 is 0 Å². The number of aliphatic hydroxyl groups is 1. The van der Waals surface area contributed by atoms with E-state index in [1.165, 1.54) is 4.90 Å². The summed E-state index contributed by atoms with van der Waals surface area (Å²) in [6, 6.07) is 0. The molecule has 0 aromatic carbocycles. The third-order valence-electron chi connectivity index (χ3n) is 3.75. The van der Waals surface area contributed by atoms with Crippen molar-refractivity contribution in [3.8, 4) is 0 Å². The molecule has 0 bridgehead atoms. The van der Waals surface area contributed by atoms with Crippen molar-refractivity contribution in [3.05, 3.63) is 10.6 Å². The molecule has 4 atom stereocenters. The average Bonchev–Trinajstić information content (AvgIpc) is 2.91. The molecule has 0 radical (unpaired) electrons. The van der Waals surface area contributed by atoms with Gasteiger partial charge in [-0.3, -0.25) is 9.69 Å². The third kappa shape index (κ3) is 2.34. The van der Waals surface area contributed by atoms with Crippen molar-refractivity contribution in [3.63, 3.8) is 0 Å². The second-order valence-corrected chi connectivity index (χ2v) is 6.11. The third-order valence-corrected chi connectivity index (χ3v) is 5.11. The number of ether oxygens (including phenoxy) is 1. The number of nitrogens with zero attached hydrogens (tertiary/aromatic N) is 1. The Balaban J connectivity index is 0.00000147. The topological polar surface area (TPSA) is 89.9 Å². The molecule has 0 aliphatic carbocycles. The number of fused-ring (bicyclic) bond motifs is 1. The molecule has 3 aliphatic rings. The molecule has 2 saturated heterocycles. The summed E-state index contributed by atoms with van der Waals surface area (Å²) in [4.78, 5) is 24.8. The molecule has 1 N–H and O–H groups in total. The van der Waals surface area contributed by atoms with Gasteiger partial charge < -0.3 is 19.7 Å². The van der Waals surface area contributed by atoms with Gasteiger partial charge >= 0.3 is 29.6 Å².